The van der Waals surface area contributed by atoms with Gasteiger partial charge in [-0.05, 0) is 31.9 Å². The fourth-order valence-electron chi connectivity index (χ4n) is 2.31. The number of nitrogens with zero attached hydrogens (tertiary/aromatic N) is 1. The van der Waals surface area contributed by atoms with Crippen molar-refractivity contribution in [2.24, 2.45) is 5.41 Å². The van der Waals surface area contributed by atoms with Gasteiger partial charge in [-0.25, -0.2) is 0 Å². The molecule has 0 bridgehead atoms. The Morgan fingerprint density at radius 3 is 2.76 bits per heavy atom. The van der Waals surface area contributed by atoms with Crippen LogP contribution in [0.4, 0.5) is 11.4 Å². The van der Waals surface area contributed by atoms with E-state index in [-0.39, 0.29) is 11.3 Å². The lowest BCUT2D eigenvalue weighted by atomic mass is 9.92. The Morgan fingerprint density at radius 1 is 1.41 bits per heavy atom. The summed E-state index contributed by atoms with van der Waals surface area (Å²) in [7, 11) is 1.86. The summed E-state index contributed by atoms with van der Waals surface area (Å²) in [6.07, 6.45) is 0.971. The normalized spacial score (nSPS) is 18.4. The first-order valence-corrected chi connectivity index (χ1v) is 6.11. The number of rotatable bonds is 1. The number of benzene rings is 1. The van der Waals surface area contributed by atoms with Crippen LogP contribution in [-0.2, 0) is 11.2 Å². The fraction of sp³-hybridized carbons (Fsp3) is 0.500. The Morgan fingerprint density at radius 2 is 2.12 bits per heavy atom. The highest BCUT2D eigenvalue weighted by atomic mass is 16.2. The Hall–Kier alpha value is -1.51. The molecule has 0 atom stereocenters. The van der Waals surface area contributed by atoms with Gasteiger partial charge in [0.2, 0.25) is 5.91 Å². The Labute approximate surface area is 103 Å². The van der Waals surface area contributed by atoms with Crippen molar-refractivity contribution in [2.45, 2.75) is 27.2 Å². The minimum Gasteiger partial charge on any atom is -0.382 e. The van der Waals surface area contributed by atoms with Crippen LogP contribution in [-0.4, -0.2) is 19.5 Å². The summed E-state index contributed by atoms with van der Waals surface area (Å²) in [5.41, 5.74) is 3.00. The van der Waals surface area contributed by atoms with E-state index < -0.39 is 0 Å². The van der Waals surface area contributed by atoms with Gasteiger partial charge in [-0.2, -0.15) is 0 Å². The molecular formula is C14H20N2O. The Bertz CT molecular complexity index is 452. The van der Waals surface area contributed by atoms with Crippen molar-refractivity contribution in [3.05, 3.63) is 23.8 Å². The van der Waals surface area contributed by atoms with Gasteiger partial charge < -0.3 is 10.2 Å². The molecule has 1 amide bonds. The smallest absolute Gasteiger partial charge is 0.234 e. The molecule has 1 aromatic rings. The summed E-state index contributed by atoms with van der Waals surface area (Å²) in [5, 5.41) is 3.43. The van der Waals surface area contributed by atoms with E-state index in [4.69, 9.17) is 0 Å². The van der Waals surface area contributed by atoms with E-state index in [2.05, 4.69) is 18.3 Å². The third-order valence-electron chi connectivity index (χ3n) is 3.46. The van der Waals surface area contributed by atoms with Gasteiger partial charge in [-0.1, -0.05) is 19.1 Å². The number of amides is 1. The molecule has 2 rings (SSSR count). The second kappa shape index (κ2) is 4.06. The molecule has 1 aliphatic heterocycles. The van der Waals surface area contributed by atoms with Crippen molar-refractivity contribution in [3.63, 3.8) is 0 Å². The van der Waals surface area contributed by atoms with Gasteiger partial charge in [0.25, 0.3) is 0 Å². The molecule has 0 radical (unpaired) electrons. The van der Waals surface area contributed by atoms with E-state index in [0.717, 1.165) is 17.8 Å². The number of anilines is 2. The molecule has 0 spiro atoms. The Kier molecular flexibility index (Phi) is 2.86. The number of carbonyl (C=O) groups excluding carboxylic acids is 1. The van der Waals surface area contributed by atoms with Gasteiger partial charge in [0.1, 0.15) is 0 Å². The van der Waals surface area contributed by atoms with Crippen LogP contribution >= 0.6 is 0 Å². The zero-order valence-corrected chi connectivity index (χ0v) is 11.0. The molecule has 3 heteroatoms. The van der Waals surface area contributed by atoms with E-state index in [9.17, 15) is 4.79 Å². The van der Waals surface area contributed by atoms with Gasteiger partial charge in [-0.3, -0.25) is 4.79 Å². The lowest BCUT2D eigenvalue weighted by molar-refractivity contribution is -0.125. The number of carbonyl (C=O) groups is 1. The molecule has 1 heterocycles. The first kappa shape index (κ1) is 12.0. The summed E-state index contributed by atoms with van der Waals surface area (Å²) in [4.78, 5) is 14.1. The molecular weight excluding hydrogens is 212 g/mol. The minimum absolute atomic E-state index is 0.164. The van der Waals surface area contributed by atoms with Crippen LogP contribution in [0.2, 0.25) is 0 Å². The average molecular weight is 232 g/mol. The third-order valence-corrected chi connectivity index (χ3v) is 3.46. The highest BCUT2D eigenvalue weighted by Gasteiger charge is 2.34. The quantitative estimate of drug-likeness (QED) is 0.807. The first-order chi connectivity index (χ1) is 7.97. The van der Waals surface area contributed by atoms with E-state index in [1.807, 2.05) is 33.0 Å². The van der Waals surface area contributed by atoms with Crippen LogP contribution in [0.1, 0.15) is 26.3 Å². The molecule has 0 fully saturated rings. The zero-order valence-electron chi connectivity index (χ0n) is 11.0. The predicted molar refractivity (Wildman–Crippen MR) is 71.5 cm³/mol. The molecule has 1 aliphatic rings. The van der Waals surface area contributed by atoms with E-state index in [1.54, 1.807) is 4.90 Å². The van der Waals surface area contributed by atoms with Gasteiger partial charge >= 0.3 is 0 Å². The van der Waals surface area contributed by atoms with E-state index >= 15 is 0 Å². The van der Waals surface area contributed by atoms with Crippen LogP contribution in [0.25, 0.3) is 0 Å². The van der Waals surface area contributed by atoms with Gasteiger partial charge in [-0.15, -0.1) is 0 Å². The minimum atomic E-state index is -0.362. The first-order valence-electron chi connectivity index (χ1n) is 6.11. The fourth-order valence-corrected chi connectivity index (χ4v) is 2.31. The Balaban J connectivity index is 2.54. The van der Waals surface area contributed by atoms with Crippen molar-refractivity contribution >= 4 is 17.3 Å². The second-order valence-corrected chi connectivity index (χ2v) is 5.27. The number of hydrogen-bond acceptors (Lipinski definition) is 2. The molecule has 92 valence electrons. The maximum absolute atomic E-state index is 12.3. The van der Waals surface area contributed by atoms with Crippen LogP contribution in [0.3, 0.4) is 0 Å². The molecule has 0 aliphatic carbocycles. The average Bonchev–Trinajstić information content (AvgIpc) is 2.41. The van der Waals surface area contributed by atoms with Crippen LogP contribution < -0.4 is 10.2 Å². The maximum Gasteiger partial charge on any atom is 0.234 e. The SMILES string of the molecule is CCc1cccc2c1NCC(C)(C)C(=O)N2C. The van der Waals surface area contributed by atoms with Gasteiger partial charge in [0.15, 0.2) is 0 Å². The summed E-state index contributed by atoms with van der Waals surface area (Å²) in [6.45, 7) is 6.78. The standard InChI is InChI=1S/C14H20N2O/c1-5-10-7-6-8-11-12(10)15-9-14(2,3)13(17)16(11)4/h6-8,15H,5,9H2,1-4H3. The number of hydrogen-bond donors (Lipinski definition) is 1. The molecule has 1 N–H and O–H groups in total. The maximum atomic E-state index is 12.3. The molecule has 0 saturated heterocycles. The van der Waals surface area contributed by atoms with Crippen molar-refractivity contribution in [1.82, 2.24) is 0 Å². The third kappa shape index (κ3) is 1.90. The molecule has 0 aromatic heterocycles. The topological polar surface area (TPSA) is 32.3 Å². The molecule has 3 nitrogen and oxygen atoms in total. The van der Waals surface area contributed by atoms with Crippen LogP contribution in [0.15, 0.2) is 18.2 Å². The molecule has 1 aromatic carbocycles. The monoisotopic (exact) mass is 232 g/mol. The number of para-hydroxylation sites is 1. The van der Waals surface area contributed by atoms with Crippen molar-refractivity contribution in [3.8, 4) is 0 Å². The number of aryl methyl sites for hydroxylation is 1. The highest BCUT2D eigenvalue weighted by molar-refractivity contribution is 6.01. The van der Waals surface area contributed by atoms with E-state index in [1.165, 1.54) is 5.56 Å². The highest BCUT2D eigenvalue weighted by Crippen LogP contribution is 2.35. The second-order valence-electron chi connectivity index (χ2n) is 5.27. The van der Waals surface area contributed by atoms with Crippen molar-refractivity contribution in [1.29, 1.82) is 0 Å². The molecule has 0 unspecified atom stereocenters. The predicted octanol–water partition coefficient (Wildman–Crippen LogP) is 2.66. The summed E-state index contributed by atoms with van der Waals surface area (Å²) < 4.78 is 0. The zero-order chi connectivity index (χ0) is 12.6. The summed E-state index contributed by atoms with van der Waals surface area (Å²) in [6, 6.07) is 6.13. The van der Waals surface area contributed by atoms with Gasteiger partial charge in [0.05, 0.1) is 16.8 Å². The van der Waals surface area contributed by atoms with Crippen molar-refractivity contribution < 1.29 is 4.79 Å². The van der Waals surface area contributed by atoms with Crippen LogP contribution in [0, 0.1) is 5.41 Å². The summed E-state index contributed by atoms with van der Waals surface area (Å²) >= 11 is 0. The number of nitrogens with one attached hydrogen (secondary N) is 1. The molecule has 0 saturated carbocycles. The number of fused-ring (bicyclic) bond motifs is 1. The largest absolute Gasteiger partial charge is 0.382 e. The van der Waals surface area contributed by atoms with Crippen LogP contribution in [0.5, 0.6) is 0 Å². The van der Waals surface area contributed by atoms with Crippen molar-refractivity contribution in [2.75, 3.05) is 23.8 Å². The molecule has 17 heavy (non-hydrogen) atoms. The lowest BCUT2D eigenvalue weighted by Gasteiger charge is -2.25. The lowest BCUT2D eigenvalue weighted by Crippen LogP contribution is -2.40. The van der Waals surface area contributed by atoms with Gasteiger partial charge in [0, 0.05) is 13.6 Å². The van der Waals surface area contributed by atoms with E-state index in [0.29, 0.717) is 6.54 Å². The summed E-state index contributed by atoms with van der Waals surface area (Å²) in [5.74, 6) is 0.164.